The van der Waals surface area contributed by atoms with Gasteiger partial charge in [0.1, 0.15) is 0 Å². The maximum absolute atomic E-state index is 12.7. The first-order chi connectivity index (χ1) is 14.8. The largest absolute Gasteiger partial charge is 0.354 e. The lowest BCUT2D eigenvalue weighted by Crippen LogP contribution is -2.49. The van der Waals surface area contributed by atoms with E-state index >= 15 is 0 Å². The maximum atomic E-state index is 12.7. The SMILES string of the molecule is CC(NC(=O)c1ccc(S(=O)(=O)N2CCNC(=O)C2)cc1)c1ccc2ccccc2c1. The van der Waals surface area contributed by atoms with Gasteiger partial charge in [0.05, 0.1) is 17.5 Å². The van der Waals surface area contributed by atoms with Crippen LogP contribution in [0, 0.1) is 0 Å². The van der Waals surface area contributed by atoms with Crippen molar-refractivity contribution >= 4 is 32.6 Å². The molecule has 0 saturated carbocycles. The fourth-order valence-corrected chi connectivity index (χ4v) is 4.99. The number of carbonyl (C=O) groups is 2. The molecule has 3 aromatic carbocycles. The molecule has 1 atom stereocenters. The molecule has 2 amide bonds. The van der Waals surface area contributed by atoms with Crippen molar-refractivity contribution < 1.29 is 18.0 Å². The summed E-state index contributed by atoms with van der Waals surface area (Å²) in [7, 11) is -3.78. The third kappa shape index (κ3) is 4.45. The Morgan fingerprint density at radius 3 is 2.45 bits per heavy atom. The zero-order valence-electron chi connectivity index (χ0n) is 17.0. The van der Waals surface area contributed by atoms with E-state index in [2.05, 4.69) is 10.6 Å². The third-order valence-corrected chi connectivity index (χ3v) is 7.24. The summed E-state index contributed by atoms with van der Waals surface area (Å²) >= 11 is 0. The minimum absolute atomic E-state index is 0.0568. The topological polar surface area (TPSA) is 95.6 Å². The maximum Gasteiger partial charge on any atom is 0.251 e. The van der Waals surface area contributed by atoms with Crippen LogP contribution in [-0.4, -0.2) is 44.2 Å². The van der Waals surface area contributed by atoms with Gasteiger partial charge < -0.3 is 10.6 Å². The predicted molar refractivity (Wildman–Crippen MR) is 118 cm³/mol. The minimum Gasteiger partial charge on any atom is -0.354 e. The molecule has 0 bridgehead atoms. The van der Waals surface area contributed by atoms with Crippen LogP contribution in [0.4, 0.5) is 0 Å². The van der Waals surface area contributed by atoms with Gasteiger partial charge in [-0.15, -0.1) is 0 Å². The van der Waals surface area contributed by atoms with E-state index in [9.17, 15) is 18.0 Å². The number of carbonyl (C=O) groups excluding carboxylic acids is 2. The van der Waals surface area contributed by atoms with Gasteiger partial charge in [-0.2, -0.15) is 4.31 Å². The summed E-state index contributed by atoms with van der Waals surface area (Å²) < 4.78 is 26.6. The highest BCUT2D eigenvalue weighted by molar-refractivity contribution is 7.89. The van der Waals surface area contributed by atoms with Crippen molar-refractivity contribution in [3.05, 3.63) is 77.9 Å². The molecule has 1 heterocycles. The van der Waals surface area contributed by atoms with E-state index in [4.69, 9.17) is 0 Å². The number of nitrogens with zero attached hydrogens (tertiary/aromatic N) is 1. The average molecular weight is 438 g/mol. The van der Waals surface area contributed by atoms with E-state index in [0.717, 1.165) is 20.6 Å². The molecule has 0 aromatic heterocycles. The number of benzene rings is 3. The third-order valence-electron chi connectivity index (χ3n) is 5.38. The molecule has 4 rings (SSSR count). The number of fused-ring (bicyclic) bond motifs is 1. The molecular weight excluding hydrogens is 414 g/mol. The molecule has 160 valence electrons. The molecule has 2 N–H and O–H groups in total. The standard InChI is InChI=1S/C23H23N3O4S/c1-16(19-7-6-17-4-2-3-5-20(17)14-19)25-23(28)18-8-10-21(11-9-18)31(29,30)26-13-12-24-22(27)15-26/h2-11,14,16H,12-13,15H2,1H3,(H,24,27)(H,25,28). The Bertz CT molecular complexity index is 1240. The predicted octanol–water partition coefficient (Wildman–Crippen LogP) is 2.45. The zero-order valence-corrected chi connectivity index (χ0v) is 17.9. The number of piperazine rings is 1. The fraction of sp³-hybridized carbons (Fsp3) is 0.217. The minimum atomic E-state index is -3.78. The van der Waals surface area contributed by atoms with Gasteiger partial charge in [-0.3, -0.25) is 9.59 Å². The summed E-state index contributed by atoms with van der Waals surface area (Å²) in [5, 5.41) is 7.79. The Morgan fingerprint density at radius 2 is 1.74 bits per heavy atom. The number of nitrogens with one attached hydrogen (secondary N) is 2. The van der Waals surface area contributed by atoms with Crippen LogP contribution in [0.25, 0.3) is 10.8 Å². The Hall–Kier alpha value is -3.23. The molecule has 1 aliphatic heterocycles. The molecular formula is C23H23N3O4S. The summed E-state index contributed by atoms with van der Waals surface area (Å²) in [6.45, 7) is 2.21. The van der Waals surface area contributed by atoms with E-state index in [-0.39, 0.29) is 42.4 Å². The van der Waals surface area contributed by atoms with Crippen molar-refractivity contribution in [1.82, 2.24) is 14.9 Å². The Morgan fingerprint density at radius 1 is 1.03 bits per heavy atom. The molecule has 8 heteroatoms. The van der Waals surface area contributed by atoms with E-state index < -0.39 is 10.0 Å². The summed E-state index contributed by atoms with van der Waals surface area (Å²) in [5.74, 6) is -0.615. The van der Waals surface area contributed by atoms with Crippen molar-refractivity contribution in [3.63, 3.8) is 0 Å². The van der Waals surface area contributed by atoms with Crippen molar-refractivity contribution in [2.75, 3.05) is 19.6 Å². The highest BCUT2D eigenvalue weighted by atomic mass is 32.2. The van der Waals surface area contributed by atoms with Crippen molar-refractivity contribution in [2.24, 2.45) is 0 Å². The summed E-state index contributed by atoms with van der Waals surface area (Å²) in [4.78, 5) is 24.2. The smallest absolute Gasteiger partial charge is 0.251 e. The molecule has 1 saturated heterocycles. The van der Waals surface area contributed by atoms with Gasteiger partial charge in [0, 0.05) is 18.7 Å². The van der Waals surface area contributed by atoms with Crippen LogP contribution in [0.5, 0.6) is 0 Å². The van der Waals surface area contributed by atoms with Gasteiger partial charge in [-0.05, 0) is 53.6 Å². The number of sulfonamides is 1. The van der Waals surface area contributed by atoms with Crippen LogP contribution in [0.1, 0.15) is 28.9 Å². The lowest BCUT2D eigenvalue weighted by atomic mass is 10.0. The molecule has 0 aliphatic carbocycles. The second kappa shape index (κ2) is 8.49. The number of hydrogen-bond donors (Lipinski definition) is 2. The zero-order chi connectivity index (χ0) is 22.0. The van der Waals surface area contributed by atoms with Crippen molar-refractivity contribution in [3.8, 4) is 0 Å². The van der Waals surface area contributed by atoms with Crippen LogP contribution >= 0.6 is 0 Å². The summed E-state index contributed by atoms with van der Waals surface area (Å²) in [5.41, 5.74) is 1.34. The fourth-order valence-electron chi connectivity index (χ4n) is 3.59. The van der Waals surface area contributed by atoms with E-state index in [0.29, 0.717) is 5.56 Å². The highest BCUT2D eigenvalue weighted by Crippen LogP contribution is 2.21. The lowest BCUT2D eigenvalue weighted by molar-refractivity contribution is -0.122. The summed E-state index contributed by atoms with van der Waals surface area (Å²) in [6.07, 6.45) is 0. The molecule has 3 aromatic rings. The molecule has 1 unspecified atom stereocenters. The first-order valence-corrected chi connectivity index (χ1v) is 11.4. The number of amides is 2. The molecule has 1 aliphatic rings. The van der Waals surface area contributed by atoms with Crippen molar-refractivity contribution in [2.45, 2.75) is 17.9 Å². The first-order valence-electron chi connectivity index (χ1n) is 10.0. The van der Waals surface area contributed by atoms with Crippen LogP contribution in [0.2, 0.25) is 0 Å². The quantitative estimate of drug-likeness (QED) is 0.641. The second-order valence-corrected chi connectivity index (χ2v) is 9.45. The Kier molecular flexibility index (Phi) is 5.75. The highest BCUT2D eigenvalue weighted by Gasteiger charge is 2.29. The molecule has 0 radical (unpaired) electrons. The summed E-state index contributed by atoms with van der Waals surface area (Å²) in [6, 6.07) is 19.6. The van der Waals surface area contributed by atoms with Gasteiger partial charge in [0.2, 0.25) is 15.9 Å². The monoisotopic (exact) mass is 437 g/mol. The molecule has 31 heavy (non-hydrogen) atoms. The van der Waals surface area contributed by atoms with Gasteiger partial charge in [-0.25, -0.2) is 8.42 Å². The Balaban J connectivity index is 1.47. The van der Waals surface area contributed by atoms with Crippen LogP contribution in [0.15, 0.2) is 71.6 Å². The van der Waals surface area contributed by atoms with Gasteiger partial charge in [-0.1, -0.05) is 36.4 Å². The first kappa shape index (κ1) is 21.0. The second-order valence-electron chi connectivity index (χ2n) is 7.51. The Labute approximate surface area is 181 Å². The van der Waals surface area contributed by atoms with Gasteiger partial charge >= 0.3 is 0 Å². The lowest BCUT2D eigenvalue weighted by Gasteiger charge is -2.25. The molecule has 7 nitrogen and oxygen atoms in total. The number of rotatable bonds is 5. The van der Waals surface area contributed by atoms with E-state index in [1.807, 2.05) is 49.4 Å². The molecule has 0 spiro atoms. The average Bonchev–Trinajstić information content (AvgIpc) is 2.78. The molecule has 1 fully saturated rings. The number of hydrogen-bond acceptors (Lipinski definition) is 4. The van der Waals surface area contributed by atoms with E-state index in [1.54, 1.807) is 0 Å². The van der Waals surface area contributed by atoms with Gasteiger partial charge in [0.25, 0.3) is 5.91 Å². The van der Waals surface area contributed by atoms with Crippen molar-refractivity contribution in [1.29, 1.82) is 0 Å². The van der Waals surface area contributed by atoms with Gasteiger partial charge in [0.15, 0.2) is 0 Å². The van der Waals surface area contributed by atoms with Crippen LogP contribution < -0.4 is 10.6 Å². The van der Waals surface area contributed by atoms with Crippen LogP contribution in [-0.2, 0) is 14.8 Å². The normalized spacial score (nSPS) is 16.0. The van der Waals surface area contributed by atoms with Crippen LogP contribution in [0.3, 0.4) is 0 Å². The van der Waals surface area contributed by atoms with E-state index in [1.165, 1.54) is 24.3 Å².